The fraction of sp³-hybridized carbons (Fsp3) is 0.250. The molecule has 0 radical (unpaired) electrons. The van der Waals surface area contributed by atoms with E-state index >= 15 is 0 Å². The molecule has 0 saturated carbocycles. The first kappa shape index (κ1) is 22.8. The van der Waals surface area contributed by atoms with Gasteiger partial charge in [-0.2, -0.15) is 13.2 Å². The monoisotopic (exact) mass is 489 g/mol. The van der Waals surface area contributed by atoms with E-state index in [2.05, 4.69) is 0 Å². The Morgan fingerprint density at radius 2 is 1.83 bits per heavy atom. The highest BCUT2D eigenvalue weighted by molar-refractivity contribution is 5.96. The van der Waals surface area contributed by atoms with Gasteiger partial charge in [0.1, 0.15) is 36.9 Å². The van der Waals surface area contributed by atoms with E-state index in [0.717, 1.165) is 17.7 Å². The zero-order valence-corrected chi connectivity index (χ0v) is 18.3. The average molecular weight is 489 g/mol. The average Bonchev–Trinajstić information content (AvgIpc) is 2.97. The van der Waals surface area contributed by atoms with E-state index in [1.165, 1.54) is 29.4 Å². The number of ether oxygens (including phenoxy) is 1. The van der Waals surface area contributed by atoms with Crippen molar-refractivity contribution in [2.45, 2.75) is 31.8 Å². The summed E-state index contributed by atoms with van der Waals surface area (Å²) >= 11 is 0. The maximum atomic E-state index is 14.4. The van der Waals surface area contributed by atoms with E-state index < -0.39 is 53.5 Å². The van der Waals surface area contributed by atoms with E-state index in [-0.39, 0.29) is 6.61 Å². The van der Waals surface area contributed by atoms with Gasteiger partial charge >= 0.3 is 6.18 Å². The Kier molecular flexibility index (Phi) is 5.22. The molecule has 182 valence electrons. The number of carbonyl (C=O) groups is 1. The molecule has 3 aromatic rings. The number of rotatable bonds is 2. The van der Waals surface area contributed by atoms with E-state index in [1.54, 1.807) is 24.3 Å². The number of aromatic nitrogens is 1. The maximum Gasteiger partial charge on any atom is 0.408 e. The lowest BCUT2D eigenvalue weighted by atomic mass is 9.94. The van der Waals surface area contributed by atoms with Gasteiger partial charge in [-0.15, -0.1) is 0 Å². The van der Waals surface area contributed by atoms with Gasteiger partial charge in [-0.3, -0.25) is 19.3 Å². The van der Waals surface area contributed by atoms with E-state index in [4.69, 9.17) is 4.74 Å². The van der Waals surface area contributed by atoms with Crippen LogP contribution in [0.2, 0.25) is 0 Å². The molecule has 1 amide bonds. The molecule has 1 aromatic heterocycles. The summed E-state index contributed by atoms with van der Waals surface area (Å²) in [6.07, 6.45) is -3.57. The molecule has 0 spiro atoms. The SMILES string of the molecule is CC(N1CN(C2c3ccccc3COc3ccc(F)cc32)n2ccc(=O)c(O)c2C1=O)C(F)(F)F. The van der Waals surface area contributed by atoms with Crippen LogP contribution < -0.4 is 15.2 Å². The smallest absolute Gasteiger partial charge is 0.408 e. The number of benzene rings is 2. The Morgan fingerprint density at radius 1 is 1.09 bits per heavy atom. The minimum Gasteiger partial charge on any atom is -0.502 e. The summed E-state index contributed by atoms with van der Waals surface area (Å²) in [4.78, 5) is 25.8. The normalized spacial score (nSPS) is 18.2. The summed E-state index contributed by atoms with van der Waals surface area (Å²) in [6, 6.07) is 8.72. The van der Waals surface area contributed by atoms with E-state index in [1.807, 2.05) is 0 Å². The van der Waals surface area contributed by atoms with E-state index in [9.17, 15) is 32.3 Å². The number of halogens is 4. The number of aromatic hydroxyl groups is 1. The number of carbonyl (C=O) groups excluding carboxylic acids is 1. The first-order chi connectivity index (χ1) is 16.6. The number of fused-ring (bicyclic) bond motifs is 3. The van der Waals surface area contributed by atoms with Gasteiger partial charge < -0.3 is 14.7 Å². The molecule has 0 saturated heterocycles. The molecule has 0 aliphatic carbocycles. The molecule has 2 atom stereocenters. The fourth-order valence-electron chi connectivity index (χ4n) is 4.48. The van der Waals surface area contributed by atoms with Gasteiger partial charge in [0.05, 0.1) is 0 Å². The quantitative estimate of drug-likeness (QED) is 0.556. The Morgan fingerprint density at radius 3 is 2.57 bits per heavy atom. The molecule has 3 heterocycles. The molecule has 2 aliphatic heterocycles. The molecule has 1 N–H and O–H groups in total. The molecule has 0 bridgehead atoms. The maximum absolute atomic E-state index is 14.4. The van der Waals surface area contributed by atoms with E-state index in [0.29, 0.717) is 27.3 Å². The van der Waals surface area contributed by atoms with Crippen LogP contribution in [0.1, 0.15) is 40.1 Å². The van der Waals surface area contributed by atoms with Crippen molar-refractivity contribution < 1.29 is 32.2 Å². The Bertz CT molecular complexity index is 1390. The van der Waals surface area contributed by atoms with Crippen LogP contribution in [0.4, 0.5) is 17.6 Å². The molecule has 35 heavy (non-hydrogen) atoms. The second-order valence-corrected chi connectivity index (χ2v) is 8.37. The molecular weight excluding hydrogens is 470 g/mol. The van der Waals surface area contributed by atoms with Gasteiger partial charge in [0.25, 0.3) is 5.91 Å². The summed E-state index contributed by atoms with van der Waals surface area (Å²) in [5, 5.41) is 11.8. The third kappa shape index (κ3) is 3.67. The molecule has 2 aliphatic rings. The summed E-state index contributed by atoms with van der Waals surface area (Å²) in [5.74, 6) is -2.40. The lowest BCUT2D eigenvalue weighted by molar-refractivity contribution is -0.173. The third-order valence-corrected chi connectivity index (χ3v) is 6.33. The predicted molar refractivity (Wildman–Crippen MR) is 116 cm³/mol. The van der Waals surface area contributed by atoms with Gasteiger partial charge in [0.15, 0.2) is 11.4 Å². The Balaban J connectivity index is 1.79. The molecule has 2 aromatic carbocycles. The minimum absolute atomic E-state index is 0.128. The number of amides is 1. The number of hydrogen-bond acceptors (Lipinski definition) is 5. The van der Waals surface area contributed by atoms with Gasteiger partial charge in [-0.25, -0.2) is 4.39 Å². The summed E-state index contributed by atoms with van der Waals surface area (Å²) in [7, 11) is 0. The highest BCUT2D eigenvalue weighted by Crippen LogP contribution is 2.41. The van der Waals surface area contributed by atoms with Crippen molar-refractivity contribution in [1.82, 2.24) is 9.58 Å². The lowest BCUT2D eigenvalue weighted by Crippen LogP contribution is -2.60. The summed E-state index contributed by atoms with van der Waals surface area (Å²) in [5.41, 5.74) is 0.0961. The van der Waals surface area contributed by atoms with Crippen molar-refractivity contribution in [2.24, 2.45) is 0 Å². The van der Waals surface area contributed by atoms with Crippen LogP contribution in [0.5, 0.6) is 11.5 Å². The van der Waals surface area contributed by atoms with Gasteiger partial charge in [-0.05, 0) is 36.2 Å². The standard InChI is InChI=1S/C24H19F4N3O4/c1-13(24(26,27)28)29-12-31(30-9-8-18(32)22(33)21(30)23(29)34)20-16-5-3-2-4-14(16)11-35-19-7-6-15(25)10-17(19)20/h2-10,13,20,33H,11-12H2,1H3. The molecule has 7 nitrogen and oxygen atoms in total. The molecule has 0 fully saturated rings. The van der Waals surface area contributed by atoms with Crippen LogP contribution in [0, 0.1) is 5.82 Å². The van der Waals surface area contributed by atoms with Crippen LogP contribution in [0.25, 0.3) is 0 Å². The van der Waals surface area contributed by atoms with Crippen molar-refractivity contribution in [3.05, 3.63) is 93.2 Å². The highest BCUT2D eigenvalue weighted by Gasteiger charge is 2.47. The minimum atomic E-state index is -4.78. The first-order valence-electron chi connectivity index (χ1n) is 10.7. The summed E-state index contributed by atoms with van der Waals surface area (Å²) < 4.78 is 62.6. The van der Waals surface area contributed by atoms with Crippen molar-refractivity contribution in [3.8, 4) is 11.5 Å². The van der Waals surface area contributed by atoms with Crippen LogP contribution in [-0.2, 0) is 6.61 Å². The molecule has 11 heteroatoms. The van der Waals surface area contributed by atoms with Crippen LogP contribution in [-0.4, -0.2) is 39.5 Å². The molecule has 2 unspecified atom stereocenters. The zero-order valence-electron chi connectivity index (χ0n) is 18.3. The van der Waals surface area contributed by atoms with Gasteiger partial charge in [0, 0.05) is 17.8 Å². The second-order valence-electron chi connectivity index (χ2n) is 8.37. The van der Waals surface area contributed by atoms with Crippen molar-refractivity contribution in [1.29, 1.82) is 0 Å². The number of nitrogens with zero attached hydrogens (tertiary/aromatic N) is 3. The second kappa shape index (κ2) is 8.03. The summed E-state index contributed by atoms with van der Waals surface area (Å²) in [6.45, 7) is 0.383. The Labute approximate surface area is 196 Å². The molecule has 5 rings (SSSR count). The fourth-order valence-corrected chi connectivity index (χ4v) is 4.48. The largest absolute Gasteiger partial charge is 0.502 e. The topological polar surface area (TPSA) is 75.0 Å². The van der Waals surface area contributed by atoms with Gasteiger partial charge in [0.2, 0.25) is 5.43 Å². The lowest BCUT2D eigenvalue weighted by Gasteiger charge is -2.45. The van der Waals surface area contributed by atoms with Gasteiger partial charge in [-0.1, -0.05) is 24.3 Å². The predicted octanol–water partition coefficient (Wildman–Crippen LogP) is 3.68. The van der Waals surface area contributed by atoms with Crippen molar-refractivity contribution >= 4 is 5.91 Å². The first-order valence-corrected chi connectivity index (χ1v) is 10.7. The van der Waals surface area contributed by atoms with Crippen LogP contribution >= 0.6 is 0 Å². The Hall–Kier alpha value is -4.02. The highest BCUT2D eigenvalue weighted by atomic mass is 19.4. The number of alkyl halides is 3. The van der Waals surface area contributed by atoms with Crippen LogP contribution in [0.3, 0.4) is 0 Å². The van der Waals surface area contributed by atoms with Crippen LogP contribution in [0.15, 0.2) is 59.5 Å². The third-order valence-electron chi connectivity index (χ3n) is 6.33. The van der Waals surface area contributed by atoms with Crippen molar-refractivity contribution in [2.75, 3.05) is 11.7 Å². The van der Waals surface area contributed by atoms with Crippen molar-refractivity contribution in [3.63, 3.8) is 0 Å². The molecular formula is C24H19F4N3O4. The number of pyridine rings is 1. The number of hydrogen-bond donors (Lipinski definition) is 1. The zero-order chi connectivity index (χ0) is 25.1.